The fourth-order valence-corrected chi connectivity index (χ4v) is 11.9. The molecule has 12 aromatic carbocycles. The zero-order chi connectivity index (χ0) is 46.9. The molecule has 2 heteroatoms. The lowest BCUT2D eigenvalue weighted by atomic mass is 9.67. The predicted molar refractivity (Wildman–Crippen MR) is 299 cm³/mol. The smallest absolute Gasteiger partial charge is 0.0713 e. The largest absolute Gasteiger partial charge is 0.310 e. The summed E-state index contributed by atoms with van der Waals surface area (Å²) in [6.07, 6.45) is 0. The van der Waals surface area contributed by atoms with E-state index in [1.165, 1.54) is 99.0 Å². The molecular formula is C69H46N2. The normalized spacial score (nSPS) is 12.6. The molecule has 0 saturated carbocycles. The Morgan fingerprint density at radius 3 is 1.48 bits per heavy atom. The molecule has 1 heterocycles. The molecule has 13 aromatic rings. The first-order chi connectivity index (χ1) is 35.2. The molecule has 0 radical (unpaired) electrons. The van der Waals surface area contributed by atoms with Gasteiger partial charge in [-0.3, -0.25) is 0 Å². The summed E-state index contributed by atoms with van der Waals surface area (Å²) < 4.78 is 2.54. The van der Waals surface area contributed by atoms with Gasteiger partial charge in [0.15, 0.2) is 0 Å². The van der Waals surface area contributed by atoms with Gasteiger partial charge in [-0.05, 0) is 126 Å². The first kappa shape index (κ1) is 40.8. The Morgan fingerprint density at radius 2 is 0.817 bits per heavy atom. The van der Waals surface area contributed by atoms with Crippen molar-refractivity contribution in [2.24, 2.45) is 0 Å². The van der Waals surface area contributed by atoms with Crippen molar-refractivity contribution in [1.29, 1.82) is 0 Å². The lowest BCUT2D eigenvalue weighted by Crippen LogP contribution is -2.28. The number of hydrogen-bond acceptors (Lipinski definition) is 1. The van der Waals surface area contributed by atoms with Crippen LogP contribution < -0.4 is 4.90 Å². The van der Waals surface area contributed by atoms with Crippen molar-refractivity contribution in [2.45, 2.75) is 5.41 Å². The van der Waals surface area contributed by atoms with Crippen molar-refractivity contribution in [2.75, 3.05) is 4.90 Å². The second-order valence-corrected chi connectivity index (χ2v) is 18.8. The summed E-state index contributed by atoms with van der Waals surface area (Å²) in [6.45, 7) is 0. The average Bonchev–Trinajstić information content (AvgIpc) is 3.96. The summed E-state index contributed by atoms with van der Waals surface area (Å²) in [5, 5.41) is 7.46. The second-order valence-electron chi connectivity index (χ2n) is 18.8. The maximum Gasteiger partial charge on any atom is 0.0713 e. The molecule has 332 valence electrons. The summed E-state index contributed by atoms with van der Waals surface area (Å²) in [5.41, 5.74) is 18.8. The number of hydrogen-bond donors (Lipinski definition) is 0. The second kappa shape index (κ2) is 16.5. The number of anilines is 3. The molecule has 0 aliphatic heterocycles. The molecule has 2 nitrogen and oxygen atoms in total. The molecule has 1 aliphatic rings. The van der Waals surface area contributed by atoms with Gasteiger partial charge in [-0.15, -0.1) is 0 Å². The van der Waals surface area contributed by atoms with Crippen molar-refractivity contribution >= 4 is 60.4 Å². The molecule has 0 fully saturated rings. The van der Waals surface area contributed by atoms with E-state index >= 15 is 0 Å². The molecule has 0 unspecified atom stereocenters. The highest BCUT2D eigenvalue weighted by atomic mass is 15.1. The van der Waals surface area contributed by atoms with Crippen LogP contribution in [0, 0.1) is 0 Å². The van der Waals surface area contributed by atoms with Gasteiger partial charge in [-0.1, -0.05) is 224 Å². The van der Waals surface area contributed by atoms with E-state index in [0.717, 1.165) is 22.7 Å². The highest BCUT2D eigenvalue weighted by Crippen LogP contribution is 2.58. The topological polar surface area (TPSA) is 8.17 Å². The Bertz CT molecular complexity index is 4060. The molecule has 0 amide bonds. The Kier molecular flexibility index (Phi) is 9.47. The summed E-state index contributed by atoms with van der Waals surface area (Å²) >= 11 is 0. The van der Waals surface area contributed by atoms with Crippen LogP contribution >= 0.6 is 0 Å². The Balaban J connectivity index is 0.941. The van der Waals surface area contributed by atoms with Crippen LogP contribution in [0.1, 0.15) is 22.3 Å². The van der Waals surface area contributed by atoms with Gasteiger partial charge in [-0.25, -0.2) is 0 Å². The SMILES string of the molecule is c1ccc(N(c2ccccc2)c2cccc(-c3ccc(-c4ccc5c6ccc7ccccc7c6n(-c6ccc7c(c6)-c6c(ccc8ccccc68)C7(c6ccccc6)c6ccccc6)c5c4)cc3)c2)cc1. The molecule has 0 saturated heterocycles. The van der Waals surface area contributed by atoms with Gasteiger partial charge in [0.25, 0.3) is 0 Å². The van der Waals surface area contributed by atoms with Crippen LogP contribution in [-0.2, 0) is 5.41 Å². The van der Waals surface area contributed by atoms with Crippen molar-refractivity contribution in [3.8, 4) is 39.1 Å². The average molecular weight is 903 g/mol. The molecule has 0 spiro atoms. The molecule has 71 heavy (non-hydrogen) atoms. The van der Waals surface area contributed by atoms with Gasteiger partial charge in [0.1, 0.15) is 0 Å². The number of nitrogens with zero attached hydrogens (tertiary/aromatic N) is 2. The fraction of sp³-hybridized carbons (Fsp3) is 0.0145. The number of benzene rings is 12. The molecule has 1 aromatic heterocycles. The number of aromatic nitrogens is 1. The highest BCUT2D eigenvalue weighted by Gasteiger charge is 2.46. The van der Waals surface area contributed by atoms with E-state index < -0.39 is 5.41 Å². The Hall–Kier alpha value is -9.24. The van der Waals surface area contributed by atoms with Crippen molar-refractivity contribution in [3.05, 3.63) is 301 Å². The van der Waals surface area contributed by atoms with Crippen LogP contribution in [0.4, 0.5) is 17.1 Å². The number of para-hydroxylation sites is 2. The summed E-state index contributed by atoms with van der Waals surface area (Å²) in [5.74, 6) is 0. The van der Waals surface area contributed by atoms with Crippen molar-refractivity contribution in [3.63, 3.8) is 0 Å². The molecule has 0 N–H and O–H groups in total. The van der Waals surface area contributed by atoms with Crippen molar-refractivity contribution in [1.82, 2.24) is 4.57 Å². The van der Waals surface area contributed by atoms with E-state index in [-0.39, 0.29) is 0 Å². The van der Waals surface area contributed by atoms with Gasteiger partial charge in [0.05, 0.1) is 16.4 Å². The lowest BCUT2D eigenvalue weighted by molar-refractivity contribution is 0.769. The fourth-order valence-electron chi connectivity index (χ4n) is 11.9. The van der Waals surface area contributed by atoms with E-state index in [1.54, 1.807) is 0 Å². The van der Waals surface area contributed by atoms with Crippen molar-refractivity contribution < 1.29 is 0 Å². The first-order valence-electron chi connectivity index (χ1n) is 24.6. The van der Waals surface area contributed by atoms with Gasteiger partial charge >= 0.3 is 0 Å². The summed E-state index contributed by atoms with van der Waals surface area (Å²) in [4.78, 5) is 2.32. The Morgan fingerprint density at radius 1 is 0.310 bits per heavy atom. The lowest BCUT2D eigenvalue weighted by Gasteiger charge is -2.34. The monoisotopic (exact) mass is 902 g/mol. The van der Waals surface area contributed by atoms with Crippen LogP contribution in [0.2, 0.25) is 0 Å². The molecule has 1 aliphatic carbocycles. The maximum atomic E-state index is 2.54. The van der Waals surface area contributed by atoms with Gasteiger partial charge in [0, 0.05) is 38.9 Å². The van der Waals surface area contributed by atoms with Gasteiger partial charge in [-0.2, -0.15) is 0 Å². The standard InChI is InChI=1S/C69H46N2/c1-5-21-53(22-6-1)69(54-23-7-2-8-24-54)64-43-39-58(46-63(64)67-59-30-15-13-18-49(59)38-42-65(67)69)71-66-45-52(37-40-61(66)62-41-36-50-19-14-16-31-60(50)68(62)71)48-34-32-47(33-35-48)51-20-17-29-57(44-51)70(55-25-9-3-10-26-55)56-27-11-4-12-28-56/h1-46H. The van der Waals surface area contributed by atoms with Gasteiger partial charge in [0.2, 0.25) is 0 Å². The number of fused-ring (bicyclic) bond motifs is 10. The third kappa shape index (κ3) is 6.42. The van der Waals surface area contributed by atoms with Crippen LogP contribution in [0.15, 0.2) is 279 Å². The van der Waals surface area contributed by atoms with E-state index in [1.807, 2.05) is 0 Å². The first-order valence-corrected chi connectivity index (χ1v) is 24.6. The van der Waals surface area contributed by atoms with Crippen LogP contribution in [-0.4, -0.2) is 4.57 Å². The maximum absolute atomic E-state index is 2.54. The van der Waals surface area contributed by atoms with Gasteiger partial charge < -0.3 is 9.47 Å². The van der Waals surface area contributed by atoms with E-state index in [2.05, 4.69) is 289 Å². The van der Waals surface area contributed by atoms with E-state index in [4.69, 9.17) is 0 Å². The third-order valence-corrected chi connectivity index (χ3v) is 15.0. The van der Waals surface area contributed by atoms with E-state index in [0.29, 0.717) is 0 Å². The van der Waals surface area contributed by atoms with Crippen LogP contribution in [0.5, 0.6) is 0 Å². The minimum atomic E-state index is -0.507. The minimum absolute atomic E-state index is 0.507. The summed E-state index contributed by atoms with van der Waals surface area (Å²) in [6, 6.07) is 103. The predicted octanol–water partition coefficient (Wildman–Crippen LogP) is 18.3. The Labute approximate surface area is 413 Å². The third-order valence-electron chi connectivity index (χ3n) is 15.0. The zero-order valence-corrected chi connectivity index (χ0v) is 39.0. The molecule has 0 atom stereocenters. The van der Waals surface area contributed by atoms with E-state index in [9.17, 15) is 0 Å². The molecular weight excluding hydrogens is 857 g/mol. The molecule has 0 bridgehead atoms. The quantitative estimate of drug-likeness (QED) is 0.147. The minimum Gasteiger partial charge on any atom is -0.310 e. The molecule has 14 rings (SSSR count). The van der Waals surface area contributed by atoms with Crippen LogP contribution in [0.3, 0.4) is 0 Å². The van der Waals surface area contributed by atoms with Crippen LogP contribution in [0.25, 0.3) is 82.4 Å². The number of rotatable bonds is 8. The zero-order valence-electron chi connectivity index (χ0n) is 39.0. The highest BCUT2D eigenvalue weighted by molar-refractivity contribution is 6.19. The summed E-state index contributed by atoms with van der Waals surface area (Å²) in [7, 11) is 0.